The Labute approximate surface area is 72.8 Å². The second kappa shape index (κ2) is 4.42. The van der Waals surface area contributed by atoms with Gasteiger partial charge in [0.2, 0.25) is 0 Å². The lowest BCUT2D eigenvalue weighted by Gasteiger charge is -2.07. The number of benzene rings is 1. The first kappa shape index (κ1) is 8.63. The summed E-state index contributed by atoms with van der Waals surface area (Å²) in [6.07, 6.45) is 5.12. The van der Waals surface area contributed by atoms with Crippen LogP contribution in [0.5, 0.6) is 0 Å². The third-order valence-corrected chi connectivity index (χ3v) is 1.62. The minimum atomic E-state index is 0.535. The molecule has 1 rings (SSSR count). The van der Waals surface area contributed by atoms with Crippen molar-refractivity contribution in [3.05, 3.63) is 29.8 Å². The average Bonchev–Trinajstić information content (AvgIpc) is 2.15. The summed E-state index contributed by atoms with van der Waals surface area (Å²) in [5, 5.41) is 3.10. The summed E-state index contributed by atoms with van der Waals surface area (Å²) >= 11 is 0. The summed E-state index contributed by atoms with van der Waals surface area (Å²) in [7, 11) is 0. The summed E-state index contributed by atoms with van der Waals surface area (Å²) in [5.41, 5.74) is 7.65. The summed E-state index contributed by atoms with van der Waals surface area (Å²) in [6.45, 7) is 1.07. The molecule has 0 bridgehead atoms. The summed E-state index contributed by atoms with van der Waals surface area (Å²) in [6, 6.07) is 7.87. The highest BCUT2D eigenvalue weighted by Crippen LogP contribution is 2.12. The van der Waals surface area contributed by atoms with Crippen molar-refractivity contribution in [3.8, 4) is 12.3 Å². The lowest BCUT2D eigenvalue weighted by atomic mass is 10.2. The Hall–Kier alpha value is -1.46. The van der Waals surface area contributed by atoms with Crippen LogP contribution in [0.4, 0.5) is 5.69 Å². The zero-order valence-electron chi connectivity index (χ0n) is 6.88. The quantitative estimate of drug-likeness (QED) is 0.652. The number of para-hydroxylation sites is 1. The van der Waals surface area contributed by atoms with Crippen LogP contribution in [0, 0.1) is 12.3 Å². The van der Waals surface area contributed by atoms with Crippen LogP contribution < -0.4 is 11.1 Å². The van der Waals surface area contributed by atoms with Gasteiger partial charge in [0.15, 0.2) is 0 Å². The molecule has 0 heterocycles. The molecule has 0 amide bonds. The minimum absolute atomic E-state index is 0.535. The van der Waals surface area contributed by atoms with Gasteiger partial charge in [-0.2, -0.15) is 0 Å². The smallest absolute Gasteiger partial charge is 0.0763 e. The van der Waals surface area contributed by atoms with Crippen LogP contribution in [0.25, 0.3) is 0 Å². The topological polar surface area (TPSA) is 38.0 Å². The van der Waals surface area contributed by atoms with Crippen molar-refractivity contribution in [2.75, 3.05) is 11.9 Å². The maximum Gasteiger partial charge on any atom is 0.0763 e. The molecule has 0 aliphatic carbocycles. The van der Waals surface area contributed by atoms with Crippen LogP contribution in [-0.4, -0.2) is 6.54 Å². The van der Waals surface area contributed by atoms with Gasteiger partial charge in [0.25, 0.3) is 0 Å². The molecule has 12 heavy (non-hydrogen) atoms. The van der Waals surface area contributed by atoms with Crippen LogP contribution in [0.2, 0.25) is 0 Å². The van der Waals surface area contributed by atoms with E-state index < -0.39 is 0 Å². The lowest BCUT2D eigenvalue weighted by Crippen LogP contribution is -2.05. The Morgan fingerprint density at radius 2 is 2.17 bits per heavy atom. The van der Waals surface area contributed by atoms with E-state index in [-0.39, 0.29) is 0 Å². The summed E-state index contributed by atoms with van der Waals surface area (Å²) in [4.78, 5) is 0. The van der Waals surface area contributed by atoms with Gasteiger partial charge in [-0.15, -0.1) is 6.42 Å². The molecule has 0 spiro atoms. The molecule has 2 nitrogen and oxygen atoms in total. The van der Waals surface area contributed by atoms with Crippen LogP contribution in [0.3, 0.4) is 0 Å². The fraction of sp³-hybridized carbons (Fsp3) is 0.200. The molecule has 2 heteroatoms. The zero-order valence-corrected chi connectivity index (χ0v) is 6.88. The summed E-state index contributed by atoms with van der Waals surface area (Å²) < 4.78 is 0. The largest absolute Gasteiger partial charge is 0.374 e. The van der Waals surface area contributed by atoms with E-state index >= 15 is 0 Å². The Balaban J connectivity index is 2.76. The van der Waals surface area contributed by atoms with Gasteiger partial charge in [-0.25, -0.2) is 0 Å². The van der Waals surface area contributed by atoms with Crippen molar-refractivity contribution in [1.29, 1.82) is 0 Å². The van der Waals surface area contributed by atoms with E-state index in [0.717, 1.165) is 11.3 Å². The Morgan fingerprint density at radius 3 is 2.83 bits per heavy atom. The van der Waals surface area contributed by atoms with Gasteiger partial charge in [-0.05, 0) is 11.6 Å². The number of hydrogen-bond acceptors (Lipinski definition) is 2. The third kappa shape index (κ3) is 2.01. The fourth-order valence-corrected chi connectivity index (χ4v) is 1.02. The number of hydrogen-bond donors (Lipinski definition) is 2. The number of anilines is 1. The Bertz CT molecular complexity index is 286. The van der Waals surface area contributed by atoms with Crippen molar-refractivity contribution in [2.45, 2.75) is 6.54 Å². The van der Waals surface area contributed by atoms with Crippen LogP contribution >= 0.6 is 0 Å². The van der Waals surface area contributed by atoms with Gasteiger partial charge in [0.1, 0.15) is 0 Å². The highest BCUT2D eigenvalue weighted by atomic mass is 14.9. The zero-order chi connectivity index (χ0) is 8.81. The molecule has 0 aliphatic heterocycles. The standard InChI is InChI=1S/C10H12N2/c1-2-7-12-10-6-4-3-5-9(10)8-11/h1,3-6,12H,7-8,11H2. The maximum absolute atomic E-state index is 5.53. The van der Waals surface area contributed by atoms with Gasteiger partial charge in [-0.3, -0.25) is 0 Å². The molecule has 0 unspecified atom stereocenters. The molecule has 0 aliphatic rings. The maximum atomic E-state index is 5.53. The highest BCUT2D eigenvalue weighted by molar-refractivity contribution is 5.51. The SMILES string of the molecule is C#CCNc1ccccc1CN. The molecule has 0 fully saturated rings. The normalized spacial score (nSPS) is 9.00. The van der Waals surface area contributed by atoms with E-state index in [4.69, 9.17) is 12.2 Å². The fourth-order valence-electron chi connectivity index (χ4n) is 1.02. The van der Waals surface area contributed by atoms with Crippen molar-refractivity contribution in [3.63, 3.8) is 0 Å². The van der Waals surface area contributed by atoms with Crippen molar-refractivity contribution < 1.29 is 0 Å². The van der Waals surface area contributed by atoms with Crippen molar-refractivity contribution >= 4 is 5.69 Å². The molecule has 1 aromatic carbocycles. The third-order valence-electron chi connectivity index (χ3n) is 1.62. The van der Waals surface area contributed by atoms with Crippen LogP contribution in [-0.2, 0) is 6.54 Å². The van der Waals surface area contributed by atoms with Crippen LogP contribution in [0.1, 0.15) is 5.56 Å². The van der Waals surface area contributed by atoms with E-state index in [1.165, 1.54) is 0 Å². The molecule has 1 aromatic rings. The number of terminal acetylenes is 1. The van der Waals surface area contributed by atoms with Gasteiger partial charge in [0, 0.05) is 12.2 Å². The molecule has 0 saturated carbocycles. The van der Waals surface area contributed by atoms with E-state index in [1.807, 2.05) is 24.3 Å². The molecule has 3 N–H and O–H groups in total. The van der Waals surface area contributed by atoms with E-state index in [0.29, 0.717) is 13.1 Å². The average molecular weight is 160 g/mol. The second-order valence-electron chi connectivity index (χ2n) is 2.42. The summed E-state index contributed by atoms with van der Waals surface area (Å²) in [5.74, 6) is 2.52. The minimum Gasteiger partial charge on any atom is -0.374 e. The van der Waals surface area contributed by atoms with Gasteiger partial charge in [0.05, 0.1) is 6.54 Å². The molecule has 62 valence electrons. The monoisotopic (exact) mass is 160 g/mol. The first-order valence-corrected chi connectivity index (χ1v) is 3.83. The van der Waals surface area contributed by atoms with E-state index in [9.17, 15) is 0 Å². The van der Waals surface area contributed by atoms with E-state index in [1.54, 1.807) is 0 Å². The molecular weight excluding hydrogens is 148 g/mol. The Morgan fingerprint density at radius 1 is 1.42 bits per heavy atom. The van der Waals surface area contributed by atoms with Gasteiger partial charge in [-0.1, -0.05) is 24.1 Å². The van der Waals surface area contributed by atoms with Gasteiger partial charge >= 0.3 is 0 Å². The van der Waals surface area contributed by atoms with Gasteiger partial charge < -0.3 is 11.1 Å². The van der Waals surface area contributed by atoms with Crippen LogP contribution in [0.15, 0.2) is 24.3 Å². The lowest BCUT2D eigenvalue weighted by molar-refractivity contribution is 1.07. The Kier molecular flexibility index (Phi) is 3.18. The highest BCUT2D eigenvalue weighted by Gasteiger charge is 1.95. The molecule has 0 radical (unpaired) electrons. The first-order valence-electron chi connectivity index (χ1n) is 3.83. The predicted molar refractivity (Wildman–Crippen MR) is 51.7 cm³/mol. The van der Waals surface area contributed by atoms with Crippen molar-refractivity contribution in [2.24, 2.45) is 5.73 Å². The molecule has 0 saturated heterocycles. The number of nitrogens with two attached hydrogens (primary N) is 1. The molecular formula is C10H12N2. The predicted octanol–water partition coefficient (Wildman–Crippen LogP) is 1.19. The van der Waals surface area contributed by atoms with E-state index in [2.05, 4.69) is 11.2 Å². The molecule has 0 aromatic heterocycles. The second-order valence-corrected chi connectivity index (χ2v) is 2.42. The van der Waals surface area contributed by atoms with Crippen molar-refractivity contribution in [1.82, 2.24) is 0 Å². The molecule has 0 atom stereocenters. The number of rotatable bonds is 3. The number of nitrogens with one attached hydrogen (secondary N) is 1. The first-order chi connectivity index (χ1) is 5.88.